The lowest BCUT2D eigenvalue weighted by atomic mass is 10.1. The Labute approximate surface area is 151 Å². The van der Waals surface area contributed by atoms with Crippen LogP contribution in [0.4, 0.5) is 0 Å². The summed E-state index contributed by atoms with van der Waals surface area (Å²) in [7, 11) is 2.06. The molecule has 0 spiro atoms. The first kappa shape index (κ1) is 15.7. The average molecular weight is 356 g/mol. The highest BCUT2D eigenvalue weighted by atomic mass is 35.5. The van der Waals surface area contributed by atoms with Gasteiger partial charge in [0.15, 0.2) is 5.16 Å². The molecule has 0 N–H and O–H groups in total. The van der Waals surface area contributed by atoms with Gasteiger partial charge < -0.3 is 4.57 Å². The van der Waals surface area contributed by atoms with Gasteiger partial charge in [-0.2, -0.15) is 0 Å². The van der Waals surface area contributed by atoms with E-state index < -0.39 is 0 Å². The van der Waals surface area contributed by atoms with Crippen molar-refractivity contribution >= 4 is 23.4 Å². The van der Waals surface area contributed by atoms with Crippen molar-refractivity contribution < 1.29 is 0 Å². The van der Waals surface area contributed by atoms with Crippen molar-refractivity contribution in [1.82, 2.24) is 14.8 Å². The predicted octanol–water partition coefficient (Wildman–Crippen LogP) is 5.03. The summed E-state index contributed by atoms with van der Waals surface area (Å²) < 4.78 is 2.13. The average Bonchev–Trinajstić information content (AvgIpc) is 3.32. The van der Waals surface area contributed by atoms with Crippen molar-refractivity contribution in [3.8, 4) is 0 Å². The number of thioether (sulfide) groups is 1. The van der Waals surface area contributed by atoms with E-state index in [1.807, 2.05) is 18.2 Å². The third-order valence-corrected chi connectivity index (χ3v) is 5.97. The Morgan fingerprint density at radius 2 is 1.79 bits per heavy atom. The zero-order valence-electron chi connectivity index (χ0n) is 13.4. The van der Waals surface area contributed by atoms with Gasteiger partial charge in [-0.3, -0.25) is 0 Å². The first-order valence-corrected chi connectivity index (χ1v) is 9.41. The highest BCUT2D eigenvalue weighted by Gasteiger charge is 2.42. The van der Waals surface area contributed by atoms with Gasteiger partial charge in [-0.15, -0.1) is 10.2 Å². The summed E-state index contributed by atoms with van der Waals surface area (Å²) in [5.74, 6) is 2.96. The third kappa shape index (κ3) is 3.08. The van der Waals surface area contributed by atoms with Crippen molar-refractivity contribution in [2.45, 2.75) is 29.2 Å². The van der Waals surface area contributed by atoms with Crippen molar-refractivity contribution in [2.75, 3.05) is 0 Å². The highest BCUT2D eigenvalue weighted by Crippen LogP contribution is 2.54. The van der Waals surface area contributed by atoms with Crippen LogP contribution in [0, 0.1) is 0 Å². The second-order valence-corrected chi connectivity index (χ2v) is 7.49. The molecule has 4 rings (SSSR count). The number of halogens is 1. The van der Waals surface area contributed by atoms with Crippen LogP contribution in [0.1, 0.15) is 35.2 Å². The Morgan fingerprint density at radius 1 is 1.04 bits per heavy atom. The number of aromatic nitrogens is 3. The zero-order valence-corrected chi connectivity index (χ0v) is 15.0. The van der Waals surface area contributed by atoms with Gasteiger partial charge in [0.2, 0.25) is 0 Å². The minimum Gasteiger partial charge on any atom is -0.309 e. The molecule has 2 aromatic carbocycles. The normalized spacial score (nSPS) is 19.4. The first-order chi connectivity index (χ1) is 11.7. The summed E-state index contributed by atoms with van der Waals surface area (Å²) in [6.45, 7) is 0. The van der Waals surface area contributed by atoms with Gasteiger partial charge in [0.1, 0.15) is 5.82 Å². The molecule has 1 saturated carbocycles. The third-order valence-electron chi connectivity index (χ3n) is 4.53. The summed E-state index contributed by atoms with van der Waals surface area (Å²) in [6.07, 6.45) is 1.16. The lowest BCUT2D eigenvalue weighted by Gasteiger charge is -2.05. The molecule has 2 unspecified atom stereocenters. The number of hydrogen-bond acceptors (Lipinski definition) is 3. The van der Waals surface area contributed by atoms with Gasteiger partial charge in [-0.05, 0) is 29.5 Å². The molecule has 2 atom stereocenters. The van der Waals surface area contributed by atoms with Crippen LogP contribution in [-0.2, 0) is 12.8 Å². The molecule has 0 bridgehead atoms. The van der Waals surface area contributed by atoms with Crippen LogP contribution in [0.25, 0.3) is 0 Å². The number of rotatable bonds is 5. The van der Waals surface area contributed by atoms with Gasteiger partial charge in [-0.25, -0.2) is 0 Å². The smallest absolute Gasteiger partial charge is 0.191 e. The molecule has 5 heteroatoms. The van der Waals surface area contributed by atoms with Crippen molar-refractivity contribution in [1.29, 1.82) is 0 Å². The van der Waals surface area contributed by atoms with Gasteiger partial charge in [-0.1, -0.05) is 71.9 Å². The van der Waals surface area contributed by atoms with Crippen molar-refractivity contribution in [3.63, 3.8) is 0 Å². The van der Waals surface area contributed by atoms with E-state index in [4.69, 9.17) is 11.6 Å². The molecule has 0 amide bonds. The van der Waals surface area contributed by atoms with Crippen molar-refractivity contribution in [2.24, 2.45) is 7.05 Å². The van der Waals surface area contributed by atoms with E-state index >= 15 is 0 Å². The molecule has 3 nitrogen and oxygen atoms in total. The highest BCUT2D eigenvalue weighted by molar-refractivity contribution is 7.98. The standard InChI is InChI=1S/C19H18ClN3S/c1-23-18(16-11-15(16)13-7-3-2-4-8-13)21-22-19(23)24-12-14-9-5-6-10-17(14)20/h2-10,15-16H,11-12H2,1H3. The molecule has 122 valence electrons. The minimum absolute atomic E-state index is 0.486. The van der Waals surface area contributed by atoms with E-state index in [1.54, 1.807) is 11.8 Å². The Bertz CT molecular complexity index is 847. The Kier molecular flexibility index (Phi) is 4.33. The molecule has 24 heavy (non-hydrogen) atoms. The second kappa shape index (κ2) is 6.61. The van der Waals surface area contributed by atoms with Crippen LogP contribution in [0.15, 0.2) is 59.8 Å². The fourth-order valence-corrected chi connectivity index (χ4v) is 4.29. The zero-order chi connectivity index (χ0) is 16.5. The summed E-state index contributed by atoms with van der Waals surface area (Å²) >= 11 is 7.91. The molecule has 1 fully saturated rings. The summed E-state index contributed by atoms with van der Waals surface area (Å²) in [5, 5.41) is 10.6. The maximum absolute atomic E-state index is 6.23. The molecule has 3 aromatic rings. The van der Waals surface area contributed by atoms with E-state index in [0.717, 1.165) is 33.7 Å². The minimum atomic E-state index is 0.486. The predicted molar refractivity (Wildman–Crippen MR) is 98.6 cm³/mol. The molecule has 1 aromatic heterocycles. The molecule has 1 aliphatic carbocycles. The topological polar surface area (TPSA) is 30.7 Å². The first-order valence-electron chi connectivity index (χ1n) is 8.04. The van der Waals surface area contributed by atoms with Crippen LogP contribution in [0.2, 0.25) is 5.02 Å². The monoisotopic (exact) mass is 355 g/mol. The molecular formula is C19H18ClN3S. The maximum Gasteiger partial charge on any atom is 0.191 e. The SMILES string of the molecule is Cn1c(SCc2ccccc2Cl)nnc1C1CC1c1ccccc1. The molecule has 1 aliphatic rings. The largest absolute Gasteiger partial charge is 0.309 e. The molecule has 0 radical (unpaired) electrons. The Morgan fingerprint density at radius 3 is 2.58 bits per heavy atom. The molecule has 0 saturated heterocycles. The number of nitrogens with zero attached hydrogens (tertiary/aromatic N) is 3. The van der Waals surface area contributed by atoms with Gasteiger partial charge >= 0.3 is 0 Å². The fourth-order valence-electron chi connectivity index (χ4n) is 3.08. The fraction of sp³-hybridized carbons (Fsp3) is 0.263. The lowest BCUT2D eigenvalue weighted by molar-refractivity contribution is 0.730. The van der Waals surface area contributed by atoms with E-state index in [2.05, 4.69) is 58.2 Å². The van der Waals surface area contributed by atoms with Gasteiger partial charge in [0.25, 0.3) is 0 Å². The summed E-state index contributed by atoms with van der Waals surface area (Å²) in [4.78, 5) is 0. The Balaban J connectivity index is 1.46. The number of benzene rings is 2. The maximum atomic E-state index is 6.23. The van der Waals surface area contributed by atoms with Crippen LogP contribution in [0.5, 0.6) is 0 Å². The van der Waals surface area contributed by atoms with Crippen LogP contribution >= 0.6 is 23.4 Å². The molecule has 1 heterocycles. The van der Waals surface area contributed by atoms with E-state index in [0.29, 0.717) is 11.8 Å². The summed E-state index contributed by atoms with van der Waals surface area (Å²) in [5.41, 5.74) is 2.53. The second-order valence-electron chi connectivity index (χ2n) is 6.14. The quantitative estimate of drug-likeness (QED) is 0.601. The van der Waals surface area contributed by atoms with Crippen LogP contribution in [0.3, 0.4) is 0 Å². The van der Waals surface area contributed by atoms with E-state index in [1.165, 1.54) is 5.56 Å². The molecular weight excluding hydrogens is 338 g/mol. The van der Waals surface area contributed by atoms with E-state index in [-0.39, 0.29) is 0 Å². The molecule has 0 aliphatic heterocycles. The van der Waals surface area contributed by atoms with Gasteiger partial charge in [0.05, 0.1) is 0 Å². The summed E-state index contributed by atoms with van der Waals surface area (Å²) in [6, 6.07) is 18.6. The van der Waals surface area contributed by atoms with E-state index in [9.17, 15) is 0 Å². The van der Waals surface area contributed by atoms with Crippen molar-refractivity contribution in [3.05, 3.63) is 76.6 Å². The lowest BCUT2D eigenvalue weighted by Crippen LogP contribution is -1.98. The number of hydrogen-bond donors (Lipinski definition) is 0. The van der Waals surface area contributed by atoms with Gasteiger partial charge in [0, 0.05) is 23.7 Å². The van der Waals surface area contributed by atoms with Crippen LogP contribution in [-0.4, -0.2) is 14.8 Å². The Hall–Kier alpha value is -1.78. The van der Waals surface area contributed by atoms with Crippen LogP contribution < -0.4 is 0 Å².